The molecule has 0 N–H and O–H groups in total. The number of halogens is 3. The second-order valence-electron chi connectivity index (χ2n) is 7.23. The van der Waals surface area contributed by atoms with E-state index in [1.807, 2.05) is 12.1 Å². The lowest BCUT2D eigenvalue weighted by Crippen LogP contribution is -2.24. The summed E-state index contributed by atoms with van der Waals surface area (Å²) in [6, 6.07) is 9.32. The van der Waals surface area contributed by atoms with Crippen molar-refractivity contribution < 1.29 is 22.8 Å². The third-order valence-corrected chi connectivity index (χ3v) is 5.53. The van der Waals surface area contributed by atoms with Crippen molar-refractivity contribution in [2.45, 2.75) is 31.5 Å². The van der Waals surface area contributed by atoms with E-state index in [0.29, 0.717) is 17.9 Å². The van der Waals surface area contributed by atoms with Gasteiger partial charge in [-0.1, -0.05) is 12.1 Å². The first-order valence-electron chi connectivity index (χ1n) is 8.89. The Morgan fingerprint density at radius 1 is 1.18 bits per heavy atom. The molecule has 2 aromatic carbocycles. The van der Waals surface area contributed by atoms with Crippen molar-refractivity contribution in [2.75, 3.05) is 4.90 Å². The van der Waals surface area contributed by atoms with Crippen molar-refractivity contribution in [3.05, 3.63) is 64.2 Å². The Bertz CT molecular complexity index is 1010. The summed E-state index contributed by atoms with van der Waals surface area (Å²) in [6.07, 6.45) is 2.85. The van der Waals surface area contributed by atoms with Crippen LogP contribution in [0.2, 0.25) is 0 Å². The lowest BCUT2D eigenvalue weighted by molar-refractivity contribution is -0.138. The van der Waals surface area contributed by atoms with Gasteiger partial charge in [0, 0.05) is 22.7 Å². The normalized spacial score (nSPS) is 21.1. The first-order chi connectivity index (χ1) is 13.3. The summed E-state index contributed by atoms with van der Waals surface area (Å²) >= 11 is 0. The fourth-order valence-corrected chi connectivity index (χ4v) is 3.93. The van der Waals surface area contributed by atoms with Crippen LogP contribution in [0, 0.1) is 18.3 Å². The smallest absolute Gasteiger partial charge is 0.304 e. The third kappa shape index (κ3) is 2.97. The number of nitrogens with zero attached hydrogens (tertiary/aromatic N) is 1. The minimum atomic E-state index is -4.64. The van der Waals surface area contributed by atoms with Crippen LogP contribution in [0.1, 0.15) is 56.2 Å². The van der Waals surface area contributed by atoms with Crippen LogP contribution in [-0.4, -0.2) is 12.2 Å². The maximum atomic E-state index is 13.4. The lowest BCUT2D eigenvalue weighted by Gasteiger charge is -2.32. The van der Waals surface area contributed by atoms with Crippen molar-refractivity contribution >= 4 is 17.9 Å². The van der Waals surface area contributed by atoms with Crippen LogP contribution in [0.25, 0.3) is 0 Å². The van der Waals surface area contributed by atoms with E-state index in [9.17, 15) is 22.8 Å². The summed E-state index contributed by atoms with van der Waals surface area (Å²) < 4.78 is 40.3. The van der Waals surface area contributed by atoms with Crippen molar-refractivity contribution in [2.24, 2.45) is 5.92 Å². The van der Waals surface area contributed by atoms with E-state index in [4.69, 9.17) is 6.42 Å². The van der Waals surface area contributed by atoms with E-state index >= 15 is 0 Å². The molecule has 3 nitrogen and oxygen atoms in total. The Balaban J connectivity index is 1.69. The number of carbonyl (C=O) groups excluding carboxylic acids is 2. The number of aldehydes is 1. The van der Waals surface area contributed by atoms with Crippen molar-refractivity contribution in [1.29, 1.82) is 0 Å². The highest BCUT2D eigenvalue weighted by atomic mass is 19.4. The fraction of sp³-hybridized carbons (Fsp3) is 0.273. The zero-order valence-corrected chi connectivity index (χ0v) is 14.8. The first kappa shape index (κ1) is 18.3. The van der Waals surface area contributed by atoms with Crippen LogP contribution in [0.15, 0.2) is 36.4 Å². The Kier molecular flexibility index (Phi) is 4.26. The first-order valence-corrected chi connectivity index (χ1v) is 8.89. The maximum absolute atomic E-state index is 13.4. The molecule has 0 aromatic heterocycles. The average Bonchev–Trinajstić information content (AvgIpc) is 2.96. The van der Waals surface area contributed by atoms with Gasteiger partial charge >= 0.3 is 6.18 Å². The van der Waals surface area contributed by atoms with E-state index in [0.717, 1.165) is 24.5 Å². The third-order valence-electron chi connectivity index (χ3n) is 5.53. The van der Waals surface area contributed by atoms with Gasteiger partial charge in [0.25, 0.3) is 5.91 Å². The summed E-state index contributed by atoms with van der Waals surface area (Å²) in [7, 11) is 0. The highest BCUT2D eigenvalue weighted by Crippen LogP contribution is 2.43. The van der Waals surface area contributed by atoms with Crippen molar-refractivity contribution in [3.63, 3.8) is 0 Å². The Morgan fingerprint density at radius 2 is 1.93 bits per heavy atom. The van der Waals surface area contributed by atoms with Crippen LogP contribution in [0.4, 0.5) is 18.9 Å². The summed E-state index contributed by atoms with van der Waals surface area (Å²) in [5, 5.41) is 0. The molecule has 0 unspecified atom stereocenters. The minimum absolute atomic E-state index is 0.0710. The molecule has 1 fully saturated rings. The number of amides is 1. The molecule has 1 saturated carbocycles. The predicted octanol–water partition coefficient (Wildman–Crippen LogP) is 4.81. The molecular formula is C22H16F3NO2. The van der Waals surface area contributed by atoms with Crippen LogP contribution in [0.5, 0.6) is 0 Å². The van der Waals surface area contributed by atoms with Crippen LogP contribution in [-0.2, 0) is 12.7 Å². The number of carbonyl (C=O) groups is 2. The molecule has 0 spiro atoms. The van der Waals surface area contributed by atoms with Crippen LogP contribution < -0.4 is 4.90 Å². The second-order valence-corrected chi connectivity index (χ2v) is 7.23. The Morgan fingerprint density at radius 3 is 2.57 bits per heavy atom. The topological polar surface area (TPSA) is 37.4 Å². The van der Waals surface area contributed by atoms with E-state index < -0.39 is 17.6 Å². The van der Waals surface area contributed by atoms with Gasteiger partial charge < -0.3 is 4.90 Å². The molecule has 1 amide bonds. The molecule has 1 aliphatic heterocycles. The number of hydrogen-bond acceptors (Lipinski definition) is 2. The largest absolute Gasteiger partial charge is 0.416 e. The predicted molar refractivity (Wildman–Crippen MR) is 98.1 cm³/mol. The Hall–Kier alpha value is -3.07. The highest BCUT2D eigenvalue weighted by molar-refractivity contribution is 6.11. The number of benzene rings is 2. The van der Waals surface area contributed by atoms with Gasteiger partial charge in [-0.05, 0) is 54.2 Å². The summed E-state index contributed by atoms with van der Waals surface area (Å²) in [6.45, 7) is -0.177. The molecule has 142 valence electrons. The molecule has 2 aromatic rings. The zero-order valence-electron chi connectivity index (χ0n) is 14.8. The number of terminal acetylenes is 1. The molecular weight excluding hydrogens is 367 g/mol. The monoisotopic (exact) mass is 383 g/mol. The maximum Gasteiger partial charge on any atom is 0.416 e. The number of alkyl halides is 3. The van der Waals surface area contributed by atoms with Gasteiger partial charge in [-0.15, -0.1) is 12.3 Å². The Labute approximate surface area is 160 Å². The molecule has 1 heterocycles. The number of hydrogen-bond donors (Lipinski definition) is 0. The second kappa shape index (κ2) is 6.52. The van der Waals surface area contributed by atoms with Gasteiger partial charge in [0.1, 0.15) is 6.29 Å². The molecule has 4 rings (SSSR count). The summed E-state index contributed by atoms with van der Waals surface area (Å²) in [5.74, 6) is 2.74. The fourth-order valence-electron chi connectivity index (χ4n) is 3.93. The van der Waals surface area contributed by atoms with Crippen LogP contribution >= 0.6 is 0 Å². The molecule has 6 heteroatoms. The molecule has 0 atom stereocenters. The van der Waals surface area contributed by atoms with Gasteiger partial charge in [0.15, 0.2) is 0 Å². The SMILES string of the molecule is C#CC1CC(c2cccc(N3Cc4c(cc(C=O)cc4C(F)(F)F)C3=O)c2)C1. The molecule has 0 saturated heterocycles. The summed E-state index contributed by atoms with van der Waals surface area (Å²) in [5.41, 5.74) is 0.309. The van der Waals surface area contributed by atoms with Gasteiger partial charge in [-0.25, -0.2) is 0 Å². The number of rotatable bonds is 3. The molecule has 0 bridgehead atoms. The molecule has 2 aliphatic rings. The number of fused-ring (bicyclic) bond motifs is 1. The van der Waals surface area contributed by atoms with Crippen molar-refractivity contribution in [3.8, 4) is 12.3 Å². The standard InChI is InChI=1S/C22H16F3NO2/c1-2-13-6-16(7-13)15-4-3-5-17(10-15)26-11-19-18(21(26)28)8-14(12-27)9-20(19)22(23,24)25/h1,3-5,8-10,12-13,16H,6-7,11H2. The van der Waals surface area contributed by atoms with E-state index in [1.54, 1.807) is 12.1 Å². The minimum Gasteiger partial charge on any atom is -0.304 e. The molecule has 0 radical (unpaired) electrons. The van der Waals surface area contributed by atoms with Crippen LogP contribution in [0.3, 0.4) is 0 Å². The van der Waals surface area contributed by atoms with E-state index in [2.05, 4.69) is 5.92 Å². The molecule has 1 aliphatic carbocycles. The lowest BCUT2D eigenvalue weighted by atomic mass is 9.72. The van der Waals surface area contributed by atoms with E-state index in [1.165, 1.54) is 11.0 Å². The highest BCUT2D eigenvalue weighted by Gasteiger charge is 2.40. The van der Waals surface area contributed by atoms with Gasteiger partial charge in [-0.2, -0.15) is 13.2 Å². The quantitative estimate of drug-likeness (QED) is 0.564. The van der Waals surface area contributed by atoms with Gasteiger partial charge in [-0.3, -0.25) is 9.59 Å². The zero-order chi connectivity index (χ0) is 20.1. The summed E-state index contributed by atoms with van der Waals surface area (Å²) in [4.78, 5) is 25.2. The number of anilines is 1. The van der Waals surface area contributed by atoms with Gasteiger partial charge in [0.05, 0.1) is 12.1 Å². The van der Waals surface area contributed by atoms with E-state index in [-0.39, 0.29) is 29.2 Å². The molecule has 28 heavy (non-hydrogen) atoms. The van der Waals surface area contributed by atoms with Gasteiger partial charge in [0.2, 0.25) is 0 Å². The van der Waals surface area contributed by atoms with Crippen molar-refractivity contribution in [1.82, 2.24) is 0 Å². The average molecular weight is 383 g/mol.